The molecule has 9 heteroatoms. The Morgan fingerprint density at radius 2 is 2.10 bits per heavy atom. The van der Waals surface area contributed by atoms with Gasteiger partial charge in [0.05, 0.1) is 6.54 Å². The summed E-state index contributed by atoms with van der Waals surface area (Å²) < 4.78 is 3.43. The molecule has 0 spiro atoms. The lowest BCUT2D eigenvalue weighted by molar-refractivity contribution is 0.785. The minimum Gasteiger partial charge on any atom is -0.368 e. The number of imidazole rings is 1. The summed E-state index contributed by atoms with van der Waals surface area (Å²) in [5.41, 5.74) is 5.68. The lowest BCUT2D eigenvalue weighted by Crippen LogP contribution is -2.12. The van der Waals surface area contributed by atoms with E-state index in [1.54, 1.807) is 24.7 Å². The zero-order chi connectivity index (χ0) is 13.9. The molecule has 0 saturated carbocycles. The minimum absolute atomic E-state index is 0.132. The maximum atomic E-state index is 5.68. The summed E-state index contributed by atoms with van der Waals surface area (Å²) in [6.07, 6.45) is 6.97. The first-order chi connectivity index (χ1) is 9.72. The van der Waals surface area contributed by atoms with Crippen molar-refractivity contribution in [2.45, 2.75) is 6.54 Å². The van der Waals surface area contributed by atoms with Crippen molar-refractivity contribution in [2.24, 2.45) is 7.05 Å². The number of rotatable bonds is 4. The Labute approximate surface area is 114 Å². The molecule has 0 aromatic carbocycles. The van der Waals surface area contributed by atoms with Gasteiger partial charge in [-0.2, -0.15) is 20.1 Å². The van der Waals surface area contributed by atoms with E-state index in [4.69, 9.17) is 5.73 Å². The van der Waals surface area contributed by atoms with Crippen molar-refractivity contribution in [3.63, 3.8) is 0 Å². The molecular weight excluding hydrogens is 258 g/mol. The van der Waals surface area contributed by atoms with E-state index >= 15 is 0 Å². The van der Waals surface area contributed by atoms with Crippen molar-refractivity contribution < 1.29 is 0 Å². The monoisotopic (exact) mass is 271 g/mol. The SMILES string of the molecule is Cn1ccnc1CNc1nc(N)nc(-n2cccn2)n1. The Kier molecular flexibility index (Phi) is 2.99. The molecule has 3 heterocycles. The summed E-state index contributed by atoms with van der Waals surface area (Å²) in [6.45, 7) is 0.492. The van der Waals surface area contributed by atoms with Crippen LogP contribution in [0, 0.1) is 0 Å². The first-order valence-electron chi connectivity index (χ1n) is 5.94. The minimum atomic E-state index is 0.132. The fourth-order valence-corrected chi connectivity index (χ4v) is 1.67. The molecule has 9 nitrogen and oxygen atoms in total. The Hall–Kier alpha value is -2.97. The van der Waals surface area contributed by atoms with Crippen LogP contribution >= 0.6 is 0 Å². The fourth-order valence-electron chi connectivity index (χ4n) is 1.67. The van der Waals surface area contributed by atoms with E-state index in [2.05, 4.69) is 30.4 Å². The number of anilines is 2. The average Bonchev–Trinajstić information content (AvgIpc) is 3.07. The van der Waals surface area contributed by atoms with Crippen molar-refractivity contribution in [3.8, 4) is 5.95 Å². The summed E-state index contributed by atoms with van der Waals surface area (Å²) in [7, 11) is 1.92. The number of aromatic nitrogens is 7. The van der Waals surface area contributed by atoms with Crippen LogP contribution in [0.4, 0.5) is 11.9 Å². The van der Waals surface area contributed by atoms with Crippen LogP contribution in [0.3, 0.4) is 0 Å². The molecule has 0 unspecified atom stereocenters. The van der Waals surface area contributed by atoms with Crippen LogP contribution in [0.5, 0.6) is 0 Å². The molecular formula is C11H13N9. The van der Waals surface area contributed by atoms with Gasteiger partial charge in [-0.15, -0.1) is 0 Å². The normalized spacial score (nSPS) is 10.7. The van der Waals surface area contributed by atoms with E-state index in [9.17, 15) is 0 Å². The van der Waals surface area contributed by atoms with E-state index in [1.807, 2.05) is 17.8 Å². The van der Waals surface area contributed by atoms with Gasteiger partial charge in [-0.1, -0.05) is 0 Å². The number of nitrogens with two attached hydrogens (primary N) is 1. The fraction of sp³-hybridized carbons (Fsp3) is 0.182. The Balaban J connectivity index is 1.81. The second-order valence-corrected chi connectivity index (χ2v) is 4.08. The molecule has 20 heavy (non-hydrogen) atoms. The second-order valence-electron chi connectivity index (χ2n) is 4.08. The van der Waals surface area contributed by atoms with E-state index < -0.39 is 0 Å². The van der Waals surface area contributed by atoms with E-state index in [0.717, 1.165) is 5.82 Å². The highest BCUT2D eigenvalue weighted by Crippen LogP contribution is 2.07. The average molecular weight is 271 g/mol. The van der Waals surface area contributed by atoms with Crippen LogP contribution in [0.2, 0.25) is 0 Å². The van der Waals surface area contributed by atoms with Gasteiger partial charge in [0.25, 0.3) is 5.95 Å². The molecule has 0 bridgehead atoms. The topological polar surface area (TPSA) is 112 Å². The van der Waals surface area contributed by atoms with Gasteiger partial charge in [-0.05, 0) is 6.07 Å². The molecule has 3 rings (SSSR count). The molecule has 0 aliphatic carbocycles. The van der Waals surface area contributed by atoms with Crippen LogP contribution in [0.1, 0.15) is 5.82 Å². The quantitative estimate of drug-likeness (QED) is 0.686. The first kappa shape index (κ1) is 12.1. The summed E-state index contributed by atoms with van der Waals surface area (Å²) in [5, 5.41) is 7.12. The number of nitrogen functional groups attached to an aromatic ring is 1. The molecule has 0 aliphatic rings. The number of nitrogens with zero attached hydrogens (tertiary/aromatic N) is 7. The maximum absolute atomic E-state index is 5.68. The molecule has 3 aromatic rings. The van der Waals surface area contributed by atoms with Gasteiger partial charge in [-0.25, -0.2) is 9.67 Å². The largest absolute Gasteiger partial charge is 0.368 e. The van der Waals surface area contributed by atoms with Gasteiger partial charge in [0.15, 0.2) is 0 Å². The first-order valence-corrected chi connectivity index (χ1v) is 5.94. The van der Waals surface area contributed by atoms with Gasteiger partial charge in [-0.3, -0.25) is 0 Å². The van der Waals surface area contributed by atoms with Crippen LogP contribution in [0.25, 0.3) is 5.95 Å². The van der Waals surface area contributed by atoms with Crippen LogP contribution in [-0.4, -0.2) is 34.3 Å². The third kappa shape index (κ3) is 2.41. The van der Waals surface area contributed by atoms with Crippen LogP contribution in [0.15, 0.2) is 30.9 Å². The predicted octanol–water partition coefficient (Wildman–Crippen LogP) is -0.0149. The van der Waals surface area contributed by atoms with Gasteiger partial charge < -0.3 is 15.6 Å². The molecule has 0 amide bonds. The molecule has 3 N–H and O–H groups in total. The molecule has 0 fully saturated rings. The molecule has 3 aromatic heterocycles. The molecule has 102 valence electrons. The summed E-state index contributed by atoms with van der Waals surface area (Å²) >= 11 is 0. The standard InChI is InChI=1S/C11H13N9/c1-19-6-4-13-8(19)7-14-10-16-9(12)17-11(18-10)20-5-2-3-15-20/h2-6H,7H2,1H3,(H3,12,14,16,17,18). The lowest BCUT2D eigenvalue weighted by Gasteiger charge is -2.07. The van der Waals surface area contributed by atoms with E-state index in [0.29, 0.717) is 18.4 Å². The van der Waals surface area contributed by atoms with Crippen LogP contribution < -0.4 is 11.1 Å². The Bertz CT molecular complexity index is 701. The third-order valence-corrected chi connectivity index (χ3v) is 2.68. The number of aryl methyl sites for hydroxylation is 1. The Morgan fingerprint density at radius 1 is 1.20 bits per heavy atom. The predicted molar refractivity (Wildman–Crippen MR) is 71.9 cm³/mol. The number of hydrogen-bond donors (Lipinski definition) is 2. The molecule has 0 aliphatic heterocycles. The maximum Gasteiger partial charge on any atom is 0.257 e. The van der Waals surface area contributed by atoms with Crippen molar-refractivity contribution >= 4 is 11.9 Å². The number of nitrogens with one attached hydrogen (secondary N) is 1. The summed E-state index contributed by atoms with van der Waals surface area (Å²) in [5.74, 6) is 1.74. The lowest BCUT2D eigenvalue weighted by atomic mass is 10.6. The van der Waals surface area contributed by atoms with Crippen molar-refractivity contribution in [2.75, 3.05) is 11.1 Å². The van der Waals surface area contributed by atoms with E-state index in [-0.39, 0.29) is 5.95 Å². The van der Waals surface area contributed by atoms with Crippen LogP contribution in [-0.2, 0) is 13.6 Å². The molecule has 0 radical (unpaired) electrons. The van der Waals surface area contributed by atoms with Crippen molar-refractivity contribution in [3.05, 3.63) is 36.7 Å². The van der Waals surface area contributed by atoms with Gasteiger partial charge in [0, 0.05) is 31.8 Å². The highest BCUT2D eigenvalue weighted by Gasteiger charge is 2.07. The zero-order valence-corrected chi connectivity index (χ0v) is 10.8. The highest BCUT2D eigenvalue weighted by atomic mass is 15.4. The zero-order valence-electron chi connectivity index (χ0n) is 10.8. The second kappa shape index (κ2) is 4.96. The molecule has 0 saturated heterocycles. The van der Waals surface area contributed by atoms with Gasteiger partial charge in [0.2, 0.25) is 11.9 Å². The smallest absolute Gasteiger partial charge is 0.257 e. The third-order valence-electron chi connectivity index (χ3n) is 2.68. The van der Waals surface area contributed by atoms with Crippen molar-refractivity contribution in [1.29, 1.82) is 0 Å². The summed E-state index contributed by atoms with van der Waals surface area (Å²) in [6, 6.07) is 1.78. The van der Waals surface area contributed by atoms with Gasteiger partial charge >= 0.3 is 0 Å². The highest BCUT2D eigenvalue weighted by molar-refractivity contribution is 5.34. The molecule has 0 atom stereocenters. The van der Waals surface area contributed by atoms with Crippen molar-refractivity contribution in [1.82, 2.24) is 34.3 Å². The van der Waals surface area contributed by atoms with Gasteiger partial charge in [0.1, 0.15) is 5.82 Å². The summed E-state index contributed by atoms with van der Waals surface area (Å²) in [4.78, 5) is 16.5. The van der Waals surface area contributed by atoms with E-state index in [1.165, 1.54) is 4.68 Å². The number of hydrogen-bond acceptors (Lipinski definition) is 7. The Morgan fingerprint density at radius 3 is 2.80 bits per heavy atom.